The van der Waals surface area contributed by atoms with Crippen molar-refractivity contribution in [2.75, 3.05) is 0 Å². The van der Waals surface area contributed by atoms with Crippen molar-refractivity contribution in [3.8, 4) is 0 Å². The first-order valence-electron chi connectivity index (χ1n) is 6.48. The van der Waals surface area contributed by atoms with Crippen molar-refractivity contribution in [2.45, 2.75) is 35.5 Å². The van der Waals surface area contributed by atoms with Gasteiger partial charge in [0.15, 0.2) is 0 Å². The van der Waals surface area contributed by atoms with Crippen molar-refractivity contribution in [1.29, 1.82) is 0 Å². The highest BCUT2D eigenvalue weighted by atomic mass is 32.2. The summed E-state index contributed by atoms with van der Waals surface area (Å²) in [6.45, 7) is 2.89. The van der Waals surface area contributed by atoms with Crippen LogP contribution in [0.15, 0.2) is 46.0 Å². The van der Waals surface area contributed by atoms with Crippen molar-refractivity contribution >= 4 is 23.1 Å². The van der Waals surface area contributed by atoms with E-state index >= 15 is 0 Å². The number of nitrogens with one attached hydrogen (secondary N) is 1. The van der Waals surface area contributed by atoms with E-state index in [1.54, 1.807) is 0 Å². The van der Waals surface area contributed by atoms with Gasteiger partial charge in [-0.2, -0.15) is 5.48 Å². The largest absolute Gasteiger partial charge is 0.296 e. The first kappa shape index (κ1) is 13.2. The number of hydrogen-bond acceptors (Lipinski definition) is 4. The van der Waals surface area contributed by atoms with Crippen molar-refractivity contribution in [1.82, 2.24) is 5.48 Å². The van der Waals surface area contributed by atoms with E-state index in [1.165, 1.54) is 15.3 Å². The number of thioether (sulfide) groups is 1. The molecule has 1 aliphatic rings. The number of benzene rings is 1. The molecule has 0 saturated carbocycles. The molecule has 19 heavy (non-hydrogen) atoms. The van der Waals surface area contributed by atoms with Gasteiger partial charge < -0.3 is 0 Å². The average Bonchev–Trinajstić information content (AvgIpc) is 2.88. The average molecular weight is 291 g/mol. The standard InChI is InChI=1S/C15H17NOS2/c1-11-9-14(13-7-8-18-15(13)19-11)16-17-10-12-5-3-2-4-6-12/h2-8,11,14,16H,9-10H2,1H3/t11-,14?/m0/s1. The van der Waals surface area contributed by atoms with Gasteiger partial charge in [-0.3, -0.25) is 4.84 Å². The van der Waals surface area contributed by atoms with Gasteiger partial charge in [-0.1, -0.05) is 37.3 Å². The third-order valence-electron chi connectivity index (χ3n) is 3.22. The molecule has 1 aliphatic heterocycles. The van der Waals surface area contributed by atoms with Crippen LogP contribution in [0.2, 0.25) is 0 Å². The van der Waals surface area contributed by atoms with Gasteiger partial charge in [0.25, 0.3) is 0 Å². The Morgan fingerprint density at radius 2 is 2.11 bits per heavy atom. The molecular weight excluding hydrogens is 274 g/mol. The zero-order chi connectivity index (χ0) is 13.1. The molecule has 2 aromatic rings. The minimum absolute atomic E-state index is 0.321. The van der Waals surface area contributed by atoms with E-state index in [0.29, 0.717) is 17.9 Å². The molecule has 2 nitrogen and oxygen atoms in total. The fourth-order valence-corrected chi connectivity index (χ4v) is 4.83. The number of thiophene rings is 1. The highest BCUT2D eigenvalue weighted by Crippen LogP contribution is 2.43. The van der Waals surface area contributed by atoms with Gasteiger partial charge in [0, 0.05) is 5.25 Å². The van der Waals surface area contributed by atoms with Crippen LogP contribution < -0.4 is 5.48 Å². The summed E-state index contributed by atoms with van der Waals surface area (Å²) < 4.78 is 1.43. The van der Waals surface area contributed by atoms with E-state index in [4.69, 9.17) is 4.84 Å². The van der Waals surface area contributed by atoms with Crippen LogP contribution >= 0.6 is 23.1 Å². The summed E-state index contributed by atoms with van der Waals surface area (Å²) in [6.07, 6.45) is 1.11. The summed E-state index contributed by atoms with van der Waals surface area (Å²) in [7, 11) is 0. The van der Waals surface area contributed by atoms with Crippen LogP contribution in [-0.4, -0.2) is 5.25 Å². The molecule has 1 aromatic heterocycles. The highest BCUT2D eigenvalue weighted by molar-refractivity contribution is 8.01. The molecule has 1 aromatic carbocycles. The lowest BCUT2D eigenvalue weighted by molar-refractivity contribution is 0.000280. The Balaban J connectivity index is 1.59. The highest BCUT2D eigenvalue weighted by Gasteiger charge is 2.26. The Morgan fingerprint density at radius 1 is 1.26 bits per heavy atom. The number of hydrogen-bond donors (Lipinski definition) is 1. The molecule has 0 bridgehead atoms. The Bertz CT molecular complexity index is 526. The molecule has 3 rings (SSSR count). The quantitative estimate of drug-likeness (QED) is 0.844. The van der Waals surface area contributed by atoms with Crippen LogP contribution in [0.4, 0.5) is 0 Å². The molecule has 0 amide bonds. The van der Waals surface area contributed by atoms with Gasteiger partial charge in [-0.05, 0) is 29.0 Å². The molecule has 0 fully saturated rings. The summed E-state index contributed by atoms with van der Waals surface area (Å²) in [5.74, 6) is 0. The van der Waals surface area contributed by atoms with Gasteiger partial charge in [-0.25, -0.2) is 0 Å². The molecule has 2 heterocycles. The van der Waals surface area contributed by atoms with Gasteiger partial charge >= 0.3 is 0 Å². The monoisotopic (exact) mass is 291 g/mol. The summed E-state index contributed by atoms with van der Waals surface area (Å²) in [6, 6.07) is 12.8. The Morgan fingerprint density at radius 3 is 2.95 bits per heavy atom. The maximum Gasteiger partial charge on any atom is 0.0933 e. The maximum atomic E-state index is 5.68. The second kappa shape index (κ2) is 6.09. The van der Waals surface area contributed by atoms with Crippen LogP contribution in [0.1, 0.15) is 30.5 Å². The topological polar surface area (TPSA) is 21.3 Å². The maximum absolute atomic E-state index is 5.68. The molecule has 1 N–H and O–H groups in total. The fourth-order valence-electron chi connectivity index (χ4n) is 2.26. The minimum atomic E-state index is 0.321. The van der Waals surface area contributed by atoms with Crippen molar-refractivity contribution in [2.24, 2.45) is 0 Å². The number of rotatable bonds is 4. The summed E-state index contributed by atoms with van der Waals surface area (Å²) in [5, 5.41) is 2.81. The summed E-state index contributed by atoms with van der Waals surface area (Å²) in [4.78, 5) is 5.68. The molecule has 0 spiro atoms. The summed E-state index contributed by atoms with van der Waals surface area (Å²) in [5.41, 5.74) is 5.82. The van der Waals surface area contributed by atoms with E-state index in [2.05, 4.69) is 36.0 Å². The van der Waals surface area contributed by atoms with Crippen LogP contribution in [0.3, 0.4) is 0 Å². The van der Waals surface area contributed by atoms with Gasteiger partial charge in [0.05, 0.1) is 16.9 Å². The SMILES string of the molecule is C[C@H]1CC(NOCc2ccccc2)c2ccsc2S1. The minimum Gasteiger partial charge on any atom is -0.296 e. The van der Waals surface area contributed by atoms with E-state index in [0.717, 1.165) is 6.42 Å². The third-order valence-corrected chi connectivity index (χ3v) is 5.56. The smallest absolute Gasteiger partial charge is 0.0933 e. The zero-order valence-electron chi connectivity index (χ0n) is 10.8. The van der Waals surface area contributed by atoms with Crippen molar-refractivity contribution < 1.29 is 4.84 Å². The van der Waals surface area contributed by atoms with E-state index in [1.807, 2.05) is 41.3 Å². The van der Waals surface area contributed by atoms with E-state index in [9.17, 15) is 0 Å². The van der Waals surface area contributed by atoms with Crippen molar-refractivity contribution in [3.05, 3.63) is 52.9 Å². The molecule has 0 aliphatic carbocycles. The van der Waals surface area contributed by atoms with Crippen molar-refractivity contribution in [3.63, 3.8) is 0 Å². The second-order valence-electron chi connectivity index (χ2n) is 4.77. The first-order valence-corrected chi connectivity index (χ1v) is 8.24. The normalized spacial score (nSPS) is 22.2. The van der Waals surface area contributed by atoms with E-state index in [-0.39, 0.29) is 0 Å². The Hall–Kier alpha value is -0.810. The van der Waals surface area contributed by atoms with Crippen LogP contribution in [-0.2, 0) is 11.4 Å². The lowest BCUT2D eigenvalue weighted by Gasteiger charge is -2.27. The van der Waals surface area contributed by atoms with Crippen LogP contribution in [0.5, 0.6) is 0 Å². The molecule has 2 atom stereocenters. The predicted octanol–water partition coefficient (Wildman–Crippen LogP) is 4.39. The second-order valence-corrected chi connectivity index (χ2v) is 7.40. The number of fused-ring (bicyclic) bond motifs is 1. The molecule has 4 heteroatoms. The number of hydroxylamine groups is 1. The van der Waals surface area contributed by atoms with Gasteiger partial charge in [-0.15, -0.1) is 23.1 Å². The molecule has 1 unspecified atom stereocenters. The molecule has 100 valence electrons. The first-order chi connectivity index (χ1) is 9.33. The Labute approximate surface area is 122 Å². The Kier molecular flexibility index (Phi) is 4.23. The van der Waals surface area contributed by atoms with E-state index < -0.39 is 0 Å². The summed E-state index contributed by atoms with van der Waals surface area (Å²) >= 11 is 3.81. The van der Waals surface area contributed by atoms with Crippen LogP contribution in [0.25, 0.3) is 0 Å². The molecule has 0 saturated heterocycles. The molecular formula is C15H17NOS2. The fraction of sp³-hybridized carbons (Fsp3) is 0.333. The third kappa shape index (κ3) is 3.20. The molecule has 0 radical (unpaired) electrons. The lowest BCUT2D eigenvalue weighted by Crippen LogP contribution is -2.26. The predicted molar refractivity (Wildman–Crippen MR) is 81.4 cm³/mol. The van der Waals surface area contributed by atoms with Gasteiger partial charge in [0.2, 0.25) is 0 Å². The zero-order valence-corrected chi connectivity index (χ0v) is 12.5. The van der Waals surface area contributed by atoms with Crippen LogP contribution in [0, 0.1) is 0 Å². The lowest BCUT2D eigenvalue weighted by atomic mass is 10.1. The van der Waals surface area contributed by atoms with Gasteiger partial charge in [0.1, 0.15) is 0 Å².